The Morgan fingerprint density at radius 3 is 2.60 bits per heavy atom. The number of aryl methyl sites for hydroxylation is 1. The molecule has 0 aliphatic rings. The van der Waals surface area contributed by atoms with Crippen molar-refractivity contribution < 1.29 is 4.79 Å². The molecule has 0 saturated heterocycles. The van der Waals surface area contributed by atoms with Crippen molar-refractivity contribution >= 4 is 6.03 Å². The topological polar surface area (TPSA) is 54.0 Å². The zero-order valence-electron chi connectivity index (χ0n) is 11.6. The first kappa shape index (κ1) is 14.1. The van der Waals surface area contributed by atoms with E-state index in [0.29, 0.717) is 13.1 Å². The molecule has 0 bridgehead atoms. The van der Waals surface area contributed by atoms with Gasteiger partial charge in [0.2, 0.25) is 0 Å². The molecule has 2 aromatic rings. The first-order valence-electron chi connectivity index (χ1n) is 6.71. The predicted octanol–water partition coefficient (Wildman–Crippen LogP) is 2.43. The quantitative estimate of drug-likeness (QED) is 0.876. The standard InChI is InChI=1S/C16H19N3O/c1-13-5-7-14(8-6-13)12-19-16(20)18-11-9-15-4-2-3-10-17-15/h2-8,10H,9,11-12H2,1H3,(H2,18,19,20). The van der Waals surface area contributed by atoms with Crippen molar-refractivity contribution in [3.05, 3.63) is 65.5 Å². The van der Waals surface area contributed by atoms with Gasteiger partial charge in [0.05, 0.1) is 0 Å². The van der Waals surface area contributed by atoms with Crippen molar-refractivity contribution in [3.8, 4) is 0 Å². The molecule has 4 nitrogen and oxygen atoms in total. The van der Waals surface area contributed by atoms with Crippen LogP contribution in [0.3, 0.4) is 0 Å². The molecule has 1 aromatic carbocycles. The molecule has 104 valence electrons. The fourth-order valence-corrected chi connectivity index (χ4v) is 1.80. The fourth-order valence-electron chi connectivity index (χ4n) is 1.80. The second-order valence-corrected chi connectivity index (χ2v) is 4.67. The summed E-state index contributed by atoms with van der Waals surface area (Å²) in [5.74, 6) is 0. The van der Waals surface area contributed by atoms with Gasteiger partial charge >= 0.3 is 6.03 Å². The minimum Gasteiger partial charge on any atom is -0.338 e. The van der Waals surface area contributed by atoms with Gasteiger partial charge in [-0.25, -0.2) is 4.79 Å². The lowest BCUT2D eigenvalue weighted by Gasteiger charge is -2.07. The van der Waals surface area contributed by atoms with Gasteiger partial charge in [-0.3, -0.25) is 4.98 Å². The van der Waals surface area contributed by atoms with Gasteiger partial charge < -0.3 is 10.6 Å². The SMILES string of the molecule is Cc1ccc(CNC(=O)NCCc2ccccn2)cc1. The Bertz CT molecular complexity index is 537. The van der Waals surface area contributed by atoms with Crippen molar-refractivity contribution in [2.45, 2.75) is 19.9 Å². The molecule has 2 N–H and O–H groups in total. The number of pyridine rings is 1. The smallest absolute Gasteiger partial charge is 0.315 e. The van der Waals surface area contributed by atoms with Crippen LogP contribution in [0.15, 0.2) is 48.7 Å². The van der Waals surface area contributed by atoms with E-state index in [1.54, 1.807) is 6.20 Å². The van der Waals surface area contributed by atoms with E-state index in [9.17, 15) is 4.79 Å². The van der Waals surface area contributed by atoms with E-state index < -0.39 is 0 Å². The van der Waals surface area contributed by atoms with Gasteiger partial charge in [-0.05, 0) is 24.6 Å². The molecule has 0 radical (unpaired) electrons. The second-order valence-electron chi connectivity index (χ2n) is 4.67. The normalized spacial score (nSPS) is 10.1. The molecule has 20 heavy (non-hydrogen) atoms. The van der Waals surface area contributed by atoms with Gasteiger partial charge in [-0.2, -0.15) is 0 Å². The maximum atomic E-state index is 11.6. The first-order chi connectivity index (χ1) is 9.74. The van der Waals surface area contributed by atoms with Crippen molar-refractivity contribution in [1.29, 1.82) is 0 Å². The third-order valence-electron chi connectivity index (χ3n) is 2.97. The molecule has 4 heteroatoms. The zero-order valence-corrected chi connectivity index (χ0v) is 11.6. The number of urea groups is 1. The van der Waals surface area contributed by atoms with Gasteiger partial charge in [0.25, 0.3) is 0 Å². The van der Waals surface area contributed by atoms with E-state index in [4.69, 9.17) is 0 Å². The summed E-state index contributed by atoms with van der Waals surface area (Å²) in [7, 11) is 0. The Hall–Kier alpha value is -2.36. The van der Waals surface area contributed by atoms with Crippen LogP contribution in [0.4, 0.5) is 4.79 Å². The van der Waals surface area contributed by atoms with Crippen molar-refractivity contribution in [2.24, 2.45) is 0 Å². The van der Waals surface area contributed by atoms with Gasteiger partial charge in [-0.15, -0.1) is 0 Å². The number of carbonyl (C=O) groups excluding carboxylic acids is 1. The molecule has 2 rings (SSSR count). The minimum atomic E-state index is -0.151. The largest absolute Gasteiger partial charge is 0.338 e. The Kier molecular flexibility index (Phi) is 5.12. The molecule has 0 aliphatic carbocycles. The van der Waals surface area contributed by atoms with Crippen LogP contribution in [0.1, 0.15) is 16.8 Å². The number of nitrogens with one attached hydrogen (secondary N) is 2. The lowest BCUT2D eigenvalue weighted by Crippen LogP contribution is -2.36. The van der Waals surface area contributed by atoms with Gasteiger partial charge in [-0.1, -0.05) is 35.9 Å². The van der Waals surface area contributed by atoms with Crippen LogP contribution in [0.2, 0.25) is 0 Å². The van der Waals surface area contributed by atoms with E-state index >= 15 is 0 Å². The third kappa shape index (κ3) is 4.72. The Morgan fingerprint density at radius 2 is 1.90 bits per heavy atom. The van der Waals surface area contributed by atoms with Gasteiger partial charge in [0, 0.05) is 31.4 Å². The molecule has 0 spiro atoms. The zero-order chi connectivity index (χ0) is 14.2. The van der Waals surface area contributed by atoms with Gasteiger partial charge in [0.15, 0.2) is 0 Å². The third-order valence-corrected chi connectivity index (χ3v) is 2.97. The number of amides is 2. The average Bonchev–Trinajstić information content (AvgIpc) is 2.48. The number of nitrogens with zero attached hydrogens (tertiary/aromatic N) is 1. The summed E-state index contributed by atoms with van der Waals surface area (Å²) in [4.78, 5) is 15.8. The van der Waals surface area contributed by atoms with E-state index in [-0.39, 0.29) is 6.03 Å². The molecule has 0 aliphatic heterocycles. The summed E-state index contributed by atoms with van der Waals surface area (Å²) in [5.41, 5.74) is 3.29. The highest BCUT2D eigenvalue weighted by atomic mass is 16.2. The number of carbonyl (C=O) groups is 1. The maximum Gasteiger partial charge on any atom is 0.315 e. The molecule has 0 fully saturated rings. The Balaban J connectivity index is 1.67. The van der Waals surface area contributed by atoms with E-state index in [1.807, 2.05) is 49.4 Å². The molecule has 2 amide bonds. The molecular formula is C16H19N3O. The van der Waals surface area contributed by atoms with Crippen LogP contribution >= 0.6 is 0 Å². The van der Waals surface area contributed by atoms with E-state index in [0.717, 1.165) is 17.7 Å². The summed E-state index contributed by atoms with van der Waals surface area (Å²) in [6, 6.07) is 13.7. The molecule has 0 unspecified atom stereocenters. The fraction of sp³-hybridized carbons (Fsp3) is 0.250. The minimum absolute atomic E-state index is 0.151. The van der Waals surface area contributed by atoms with Crippen LogP contribution in [-0.4, -0.2) is 17.6 Å². The maximum absolute atomic E-state index is 11.6. The Morgan fingerprint density at radius 1 is 1.10 bits per heavy atom. The lowest BCUT2D eigenvalue weighted by atomic mass is 10.1. The number of hydrogen-bond acceptors (Lipinski definition) is 2. The number of rotatable bonds is 5. The summed E-state index contributed by atoms with van der Waals surface area (Å²) in [6.07, 6.45) is 2.49. The highest BCUT2D eigenvalue weighted by molar-refractivity contribution is 5.73. The molecular weight excluding hydrogens is 250 g/mol. The summed E-state index contributed by atoms with van der Waals surface area (Å²) >= 11 is 0. The van der Waals surface area contributed by atoms with Crippen LogP contribution in [0, 0.1) is 6.92 Å². The number of aromatic nitrogens is 1. The summed E-state index contributed by atoms with van der Waals surface area (Å²) in [6.45, 7) is 3.16. The van der Waals surface area contributed by atoms with Crippen LogP contribution in [-0.2, 0) is 13.0 Å². The first-order valence-corrected chi connectivity index (χ1v) is 6.71. The van der Waals surface area contributed by atoms with E-state index in [1.165, 1.54) is 5.56 Å². The van der Waals surface area contributed by atoms with Crippen molar-refractivity contribution in [3.63, 3.8) is 0 Å². The van der Waals surface area contributed by atoms with Crippen molar-refractivity contribution in [2.75, 3.05) is 6.54 Å². The Labute approximate surface area is 119 Å². The highest BCUT2D eigenvalue weighted by Crippen LogP contribution is 2.02. The molecule has 0 atom stereocenters. The molecule has 1 heterocycles. The average molecular weight is 269 g/mol. The molecule has 1 aromatic heterocycles. The molecule has 0 saturated carbocycles. The van der Waals surface area contributed by atoms with Crippen LogP contribution in [0.25, 0.3) is 0 Å². The van der Waals surface area contributed by atoms with E-state index in [2.05, 4.69) is 15.6 Å². The number of hydrogen-bond donors (Lipinski definition) is 2. The number of benzene rings is 1. The lowest BCUT2D eigenvalue weighted by molar-refractivity contribution is 0.240. The van der Waals surface area contributed by atoms with Crippen molar-refractivity contribution in [1.82, 2.24) is 15.6 Å². The second kappa shape index (κ2) is 7.28. The van der Waals surface area contributed by atoms with Crippen LogP contribution in [0.5, 0.6) is 0 Å². The van der Waals surface area contributed by atoms with Crippen LogP contribution < -0.4 is 10.6 Å². The monoisotopic (exact) mass is 269 g/mol. The predicted molar refractivity (Wildman–Crippen MR) is 79.4 cm³/mol. The summed E-state index contributed by atoms with van der Waals surface area (Å²) in [5, 5.41) is 5.66. The summed E-state index contributed by atoms with van der Waals surface area (Å²) < 4.78 is 0. The highest BCUT2D eigenvalue weighted by Gasteiger charge is 2.00. The van der Waals surface area contributed by atoms with Gasteiger partial charge in [0.1, 0.15) is 0 Å².